The maximum absolute atomic E-state index is 12.3. The van der Waals surface area contributed by atoms with Gasteiger partial charge in [0.2, 0.25) is 5.91 Å². The van der Waals surface area contributed by atoms with Gasteiger partial charge >= 0.3 is 0 Å². The Kier molecular flexibility index (Phi) is 4.48. The lowest BCUT2D eigenvalue weighted by Gasteiger charge is -2.29. The Morgan fingerprint density at radius 3 is 2.65 bits per heavy atom. The van der Waals surface area contributed by atoms with Crippen LogP contribution in [0.5, 0.6) is 0 Å². The van der Waals surface area contributed by atoms with Crippen LogP contribution in [0.3, 0.4) is 0 Å². The highest BCUT2D eigenvalue weighted by molar-refractivity contribution is 5.85. The summed E-state index contributed by atoms with van der Waals surface area (Å²) in [7, 11) is 0. The number of amides is 1. The molecule has 1 unspecified atom stereocenters. The standard InChI is InChI=1S/C13H24N2O.ClH/c1-4-12(2,3)11(16)15-8-6-13(10-15)5-7-14-9-13;/h14H,4-10H2,1-3H3;1H. The molecule has 2 aliphatic rings. The number of carbonyl (C=O) groups excluding carboxylic acids is 1. The number of likely N-dealkylation sites (tertiary alicyclic amines) is 1. The van der Waals surface area contributed by atoms with Gasteiger partial charge in [-0.2, -0.15) is 0 Å². The lowest BCUT2D eigenvalue weighted by atomic mass is 9.86. The molecule has 0 aromatic heterocycles. The molecule has 0 aliphatic carbocycles. The van der Waals surface area contributed by atoms with E-state index in [-0.39, 0.29) is 17.8 Å². The molecule has 2 aliphatic heterocycles. The Morgan fingerprint density at radius 1 is 1.41 bits per heavy atom. The molecule has 0 bridgehead atoms. The molecular weight excluding hydrogens is 236 g/mol. The smallest absolute Gasteiger partial charge is 0.228 e. The second-order valence-corrected chi connectivity index (χ2v) is 6.14. The number of hydrogen-bond donors (Lipinski definition) is 1. The maximum Gasteiger partial charge on any atom is 0.228 e. The van der Waals surface area contributed by atoms with Crippen molar-refractivity contribution in [3.63, 3.8) is 0 Å². The number of nitrogens with zero attached hydrogens (tertiary/aromatic N) is 1. The van der Waals surface area contributed by atoms with Gasteiger partial charge in [0.05, 0.1) is 0 Å². The van der Waals surface area contributed by atoms with Crippen molar-refractivity contribution in [2.75, 3.05) is 26.2 Å². The summed E-state index contributed by atoms with van der Waals surface area (Å²) in [5, 5.41) is 3.43. The molecule has 1 spiro atoms. The molecule has 1 N–H and O–H groups in total. The van der Waals surface area contributed by atoms with Crippen molar-refractivity contribution in [1.82, 2.24) is 10.2 Å². The molecule has 1 amide bonds. The van der Waals surface area contributed by atoms with Crippen LogP contribution in [0, 0.1) is 10.8 Å². The highest BCUT2D eigenvalue weighted by atomic mass is 35.5. The van der Waals surface area contributed by atoms with Crippen molar-refractivity contribution in [3.05, 3.63) is 0 Å². The normalized spacial score (nSPS) is 28.5. The predicted octanol–water partition coefficient (Wildman–Crippen LogP) is 2.06. The summed E-state index contributed by atoms with van der Waals surface area (Å²) in [6.45, 7) is 10.4. The van der Waals surface area contributed by atoms with Crippen LogP contribution >= 0.6 is 12.4 Å². The summed E-state index contributed by atoms with van der Waals surface area (Å²) in [6, 6.07) is 0. The van der Waals surface area contributed by atoms with Gasteiger partial charge < -0.3 is 10.2 Å². The van der Waals surface area contributed by atoms with Crippen LogP contribution in [-0.4, -0.2) is 37.0 Å². The zero-order valence-corrected chi connectivity index (χ0v) is 12.0. The van der Waals surface area contributed by atoms with Gasteiger partial charge in [-0.05, 0) is 25.8 Å². The highest BCUT2D eigenvalue weighted by Gasteiger charge is 2.44. The molecule has 2 rings (SSSR count). The van der Waals surface area contributed by atoms with Gasteiger partial charge in [-0.25, -0.2) is 0 Å². The van der Waals surface area contributed by atoms with Gasteiger partial charge in [-0.3, -0.25) is 4.79 Å². The lowest BCUT2D eigenvalue weighted by Crippen LogP contribution is -2.40. The van der Waals surface area contributed by atoms with E-state index in [9.17, 15) is 4.79 Å². The summed E-state index contributed by atoms with van der Waals surface area (Å²) in [6.07, 6.45) is 3.35. The van der Waals surface area contributed by atoms with Crippen molar-refractivity contribution >= 4 is 18.3 Å². The number of carbonyl (C=O) groups is 1. The zero-order valence-electron chi connectivity index (χ0n) is 11.2. The van der Waals surface area contributed by atoms with Crippen molar-refractivity contribution in [1.29, 1.82) is 0 Å². The van der Waals surface area contributed by atoms with Gasteiger partial charge in [0.25, 0.3) is 0 Å². The summed E-state index contributed by atoms with van der Waals surface area (Å²) < 4.78 is 0. The van der Waals surface area contributed by atoms with E-state index >= 15 is 0 Å². The quantitative estimate of drug-likeness (QED) is 0.824. The summed E-state index contributed by atoms with van der Waals surface area (Å²) >= 11 is 0. The average molecular weight is 261 g/mol. The van der Waals surface area contributed by atoms with Crippen LogP contribution in [-0.2, 0) is 4.79 Å². The second kappa shape index (κ2) is 5.15. The Bertz CT molecular complexity index is 285. The topological polar surface area (TPSA) is 32.3 Å². The Balaban J connectivity index is 0.00000144. The molecule has 2 fully saturated rings. The first-order valence-corrected chi connectivity index (χ1v) is 6.49. The van der Waals surface area contributed by atoms with E-state index in [0.717, 1.165) is 32.6 Å². The number of rotatable bonds is 2. The van der Waals surface area contributed by atoms with E-state index in [1.165, 1.54) is 12.8 Å². The Hall–Kier alpha value is -0.280. The Morgan fingerprint density at radius 2 is 2.12 bits per heavy atom. The maximum atomic E-state index is 12.3. The fourth-order valence-electron chi connectivity index (χ4n) is 2.83. The van der Waals surface area contributed by atoms with Crippen LogP contribution in [0.15, 0.2) is 0 Å². The second-order valence-electron chi connectivity index (χ2n) is 6.14. The fourth-order valence-corrected chi connectivity index (χ4v) is 2.83. The molecule has 0 radical (unpaired) electrons. The third kappa shape index (κ3) is 2.76. The highest BCUT2D eigenvalue weighted by Crippen LogP contribution is 2.38. The van der Waals surface area contributed by atoms with Crippen molar-refractivity contribution < 1.29 is 4.79 Å². The van der Waals surface area contributed by atoms with E-state index in [1.807, 2.05) is 0 Å². The first-order chi connectivity index (χ1) is 7.49. The summed E-state index contributed by atoms with van der Waals surface area (Å²) in [5.74, 6) is 0.346. The van der Waals surface area contributed by atoms with Crippen molar-refractivity contribution in [2.24, 2.45) is 10.8 Å². The molecule has 2 saturated heterocycles. The lowest BCUT2D eigenvalue weighted by molar-refractivity contribution is -0.139. The van der Waals surface area contributed by atoms with E-state index in [4.69, 9.17) is 0 Å². The van der Waals surface area contributed by atoms with Crippen LogP contribution in [0.1, 0.15) is 40.0 Å². The van der Waals surface area contributed by atoms with E-state index in [1.54, 1.807) is 0 Å². The molecule has 0 aromatic carbocycles. The first kappa shape index (κ1) is 14.8. The largest absolute Gasteiger partial charge is 0.342 e. The van der Waals surface area contributed by atoms with Gasteiger partial charge in [-0.15, -0.1) is 12.4 Å². The molecular formula is C13H25ClN2O. The molecule has 17 heavy (non-hydrogen) atoms. The molecule has 100 valence electrons. The molecule has 1 atom stereocenters. The fraction of sp³-hybridized carbons (Fsp3) is 0.923. The third-order valence-electron chi connectivity index (χ3n) is 4.52. The van der Waals surface area contributed by atoms with Crippen LogP contribution in [0.2, 0.25) is 0 Å². The number of hydrogen-bond acceptors (Lipinski definition) is 2. The molecule has 3 nitrogen and oxygen atoms in total. The molecule has 4 heteroatoms. The molecule has 2 heterocycles. The molecule has 0 aromatic rings. The third-order valence-corrected chi connectivity index (χ3v) is 4.52. The van der Waals surface area contributed by atoms with Gasteiger partial charge in [0.1, 0.15) is 0 Å². The number of nitrogens with one attached hydrogen (secondary N) is 1. The van der Waals surface area contributed by atoms with E-state index in [0.29, 0.717) is 11.3 Å². The monoisotopic (exact) mass is 260 g/mol. The van der Waals surface area contributed by atoms with Gasteiger partial charge in [0, 0.05) is 30.5 Å². The first-order valence-electron chi connectivity index (χ1n) is 6.49. The van der Waals surface area contributed by atoms with E-state index < -0.39 is 0 Å². The van der Waals surface area contributed by atoms with Crippen LogP contribution < -0.4 is 5.32 Å². The average Bonchev–Trinajstić information content (AvgIpc) is 2.89. The summed E-state index contributed by atoms with van der Waals surface area (Å²) in [5.41, 5.74) is 0.219. The number of halogens is 1. The van der Waals surface area contributed by atoms with Crippen molar-refractivity contribution in [2.45, 2.75) is 40.0 Å². The van der Waals surface area contributed by atoms with Crippen LogP contribution in [0.25, 0.3) is 0 Å². The van der Waals surface area contributed by atoms with Crippen LogP contribution in [0.4, 0.5) is 0 Å². The minimum atomic E-state index is -0.183. The minimum absolute atomic E-state index is 0. The summed E-state index contributed by atoms with van der Waals surface area (Å²) in [4.78, 5) is 14.4. The SMILES string of the molecule is CCC(C)(C)C(=O)N1CCC2(CCNC2)C1.Cl. The molecule has 0 saturated carbocycles. The zero-order chi connectivity index (χ0) is 11.8. The van der Waals surface area contributed by atoms with Gasteiger partial charge in [-0.1, -0.05) is 20.8 Å². The van der Waals surface area contributed by atoms with E-state index in [2.05, 4.69) is 31.0 Å². The van der Waals surface area contributed by atoms with Gasteiger partial charge in [0.15, 0.2) is 0 Å². The van der Waals surface area contributed by atoms with Crippen molar-refractivity contribution in [3.8, 4) is 0 Å². The minimum Gasteiger partial charge on any atom is -0.342 e. The Labute approximate surface area is 111 Å². The predicted molar refractivity (Wildman–Crippen MR) is 72.4 cm³/mol.